The first-order chi connectivity index (χ1) is 17.9. The number of halogens is 6. The number of piperidine rings is 1. The predicted molar refractivity (Wildman–Crippen MR) is 131 cm³/mol. The van der Waals surface area contributed by atoms with Gasteiger partial charge < -0.3 is 25.2 Å². The predicted octanol–water partition coefficient (Wildman–Crippen LogP) is 5.33. The van der Waals surface area contributed by atoms with E-state index in [0.29, 0.717) is 0 Å². The van der Waals surface area contributed by atoms with E-state index >= 15 is 4.39 Å². The summed E-state index contributed by atoms with van der Waals surface area (Å²) in [7, 11) is 1.98. The Balaban J connectivity index is 1.65. The Labute approximate surface area is 216 Å². The lowest BCUT2D eigenvalue weighted by Crippen LogP contribution is -2.47. The first kappa shape index (κ1) is 28.0. The minimum absolute atomic E-state index is 0.0165. The van der Waals surface area contributed by atoms with Crippen LogP contribution in [0.4, 0.5) is 37.7 Å². The molecule has 0 aromatic heterocycles. The lowest BCUT2D eigenvalue weighted by molar-refractivity contribution is -0.240. The molecule has 1 amide bonds. The van der Waals surface area contributed by atoms with E-state index in [4.69, 9.17) is 0 Å². The molecule has 2 aliphatic rings. The van der Waals surface area contributed by atoms with Gasteiger partial charge in [-0.05, 0) is 52.0 Å². The van der Waals surface area contributed by atoms with Crippen molar-refractivity contribution in [3.8, 4) is 0 Å². The van der Waals surface area contributed by atoms with Gasteiger partial charge in [0.2, 0.25) is 0 Å². The number of ether oxygens (including phenoxy) is 1. The van der Waals surface area contributed by atoms with Crippen LogP contribution in [0.3, 0.4) is 0 Å². The molecule has 2 aromatic carbocycles. The van der Waals surface area contributed by atoms with Gasteiger partial charge in [0.1, 0.15) is 18.2 Å². The highest BCUT2D eigenvalue weighted by Crippen LogP contribution is 2.33. The zero-order chi connectivity index (χ0) is 27.6. The molecular formula is C26H30F6N4O2. The van der Waals surface area contributed by atoms with Crippen LogP contribution in [-0.4, -0.2) is 62.8 Å². The molecule has 2 fully saturated rings. The molecule has 12 heteroatoms. The second kappa shape index (κ2) is 11.4. The van der Waals surface area contributed by atoms with Gasteiger partial charge in [0.05, 0.1) is 35.2 Å². The average molecular weight is 545 g/mol. The zero-order valence-electron chi connectivity index (χ0n) is 21.0. The molecule has 2 aliphatic heterocycles. The first-order valence-electron chi connectivity index (χ1n) is 12.4. The van der Waals surface area contributed by atoms with Gasteiger partial charge in [0.15, 0.2) is 0 Å². The van der Waals surface area contributed by atoms with Crippen molar-refractivity contribution in [3.05, 3.63) is 58.7 Å². The van der Waals surface area contributed by atoms with E-state index in [9.17, 15) is 26.7 Å². The van der Waals surface area contributed by atoms with E-state index in [-0.39, 0.29) is 41.7 Å². The van der Waals surface area contributed by atoms with Crippen LogP contribution >= 0.6 is 0 Å². The summed E-state index contributed by atoms with van der Waals surface area (Å²) in [5, 5.41) is 5.78. The van der Waals surface area contributed by atoms with Crippen molar-refractivity contribution in [2.45, 2.75) is 44.4 Å². The third kappa shape index (κ3) is 6.35. The van der Waals surface area contributed by atoms with Crippen LogP contribution in [0.15, 0.2) is 30.3 Å². The highest BCUT2D eigenvalue weighted by atomic mass is 19.3. The standard InChI is InChI=1S/C26H30F6N4O2/c1-15(17-4-3-5-18(23(17)28)24(29)30)33-25(37)19-12-22(36-10-11-38-26(31,32)14-36)20(27)13-21(19)34-16-6-8-35(2)9-7-16/h3-5,12-13,15-16,24,34H,6-11,14H2,1-2H3,(H,33,37)/t15-/m1/s1. The molecule has 1 atom stereocenters. The van der Waals surface area contributed by atoms with E-state index < -0.39 is 48.2 Å². The molecule has 4 rings (SSSR count). The molecule has 0 radical (unpaired) electrons. The number of nitrogens with zero attached hydrogens (tertiary/aromatic N) is 2. The summed E-state index contributed by atoms with van der Waals surface area (Å²) < 4.78 is 88.4. The number of likely N-dealkylation sites (tertiary alicyclic amines) is 1. The fourth-order valence-corrected chi connectivity index (χ4v) is 4.77. The lowest BCUT2D eigenvalue weighted by Gasteiger charge is -2.35. The summed E-state index contributed by atoms with van der Waals surface area (Å²) >= 11 is 0. The molecule has 2 saturated heterocycles. The Morgan fingerprint density at radius 1 is 1.11 bits per heavy atom. The first-order valence-corrected chi connectivity index (χ1v) is 12.4. The molecule has 0 unspecified atom stereocenters. The van der Waals surface area contributed by atoms with Crippen LogP contribution in [0.25, 0.3) is 0 Å². The number of hydrogen-bond donors (Lipinski definition) is 2. The Morgan fingerprint density at radius 2 is 1.79 bits per heavy atom. The minimum atomic E-state index is -3.49. The Kier molecular flexibility index (Phi) is 8.41. The van der Waals surface area contributed by atoms with Gasteiger partial charge in [-0.15, -0.1) is 0 Å². The smallest absolute Gasteiger partial charge is 0.373 e. The molecule has 0 bridgehead atoms. The van der Waals surface area contributed by atoms with E-state index in [1.165, 1.54) is 25.1 Å². The second-order valence-electron chi connectivity index (χ2n) is 9.72. The average Bonchev–Trinajstić information content (AvgIpc) is 2.84. The largest absolute Gasteiger partial charge is 0.381 e. The summed E-state index contributed by atoms with van der Waals surface area (Å²) in [4.78, 5) is 16.6. The number of anilines is 2. The van der Waals surface area contributed by atoms with E-state index in [2.05, 4.69) is 20.3 Å². The maximum atomic E-state index is 15.2. The molecule has 2 aromatic rings. The molecule has 0 spiro atoms. The number of alkyl halides is 4. The number of morpholine rings is 1. The SMILES string of the molecule is C[C@@H](NC(=O)c1cc(N2CCOC(F)(F)C2)c(F)cc1NC1CCN(C)CC1)c1cccc(C(F)F)c1F. The highest BCUT2D eigenvalue weighted by Gasteiger charge is 2.38. The summed E-state index contributed by atoms with van der Waals surface area (Å²) in [5.41, 5.74) is -1.01. The number of nitrogens with one attached hydrogen (secondary N) is 2. The number of benzene rings is 2. The van der Waals surface area contributed by atoms with Crippen molar-refractivity contribution < 1.29 is 35.9 Å². The van der Waals surface area contributed by atoms with Crippen LogP contribution in [0.2, 0.25) is 0 Å². The van der Waals surface area contributed by atoms with Gasteiger partial charge in [-0.3, -0.25) is 4.79 Å². The van der Waals surface area contributed by atoms with Crippen LogP contribution in [0.1, 0.15) is 53.7 Å². The van der Waals surface area contributed by atoms with Gasteiger partial charge in [0, 0.05) is 18.2 Å². The summed E-state index contributed by atoms with van der Waals surface area (Å²) in [6, 6.07) is 4.72. The maximum Gasteiger partial charge on any atom is 0.373 e. The molecule has 0 aliphatic carbocycles. The monoisotopic (exact) mass is 544 g/mol. The molecule has 38 heavy (non-hydrogen) atoms. The van der Waals surface area contributed by atoms with Crippen molar-refractivity contribution in [3.63, 3.8) is 0 Å². The van der Waals surface area contributed by atoms with E-state index in [1.54, 1.807) is 0 Å². The molecule has 6 nitrogen and oxygen atoms in total. The summed E-state index contributed by atoms with van der Waals surface area (Å²) in [5.74, 6) is -2.66. The third-order valence-corrected chi connectivity index (χ3v) is 6.91. The Morgan fingerprint density at radius 3 is 2.45 bits per heavy atom. The topological polar surface area (TPSA) is 56.8 Å². The minimum Gasteiger partial charge on any atom is -0.381 e. The fraction of sp³-hybridized carbons (Fsp3) is 0.500. The van der Waals surface area contributed by atoms with Crippen molar-refractivity contribution in [1.29, 1.82) is 0 Å². The Hall–Kier alpha value is -2.99. The van der Waals surface area contributed by atoms with Crippen LogP contribution in [0, 0.1) is 11.6 Å². The molecule has 208 valence electrons. The molecular weight excluding hydrogens is 514 g/mol. The normalized spacial score (nSPS) is 19.4. The maximum absolute atomic E-state index is 15.2. The summed E-state index contributed by atoms with van der Waals surface area (Å²) in [6.07, 6.45) is -5.05. The van der Waals surface area contributed by atoms with Crippen molar-refractivity contribution in [2.24, 2.45) is 0 Å². The van der Waals surface area contributed by atoms with Crippen LogP contribution < -0.4 is 15.5 Å². The van der Waals surface area contributed by atoms with Gasteiger partial charge >= 0.3 is 6.11 Å². The van der Waals surface area contributed by atoms with Crippen LogP contribution in [0.5, 0.6) is 0 Å². The van der Waals surface area contributed by atoms with Gasteiger partial charge in [-0.2, -0.15) is 8.78 Å². The van der Waals surface area contributed by atoms with E-state index in [1.807, 2.05) is 7.05 Å². The zero-order valence-corrected chi connectivity index (χ0v) is 21.0. The summed E-state index contributed by atoms with van der Waals surface area (Å²) in [6.45, 7) is 1.77. The quantitative estimate of drug-likeness (QED) is 0.462. The number of rotatable bonds is 7. The number of hydrogen-bond acceptors (Lipinski definition) is 5. The van der Waals surface area contributed by atoms with E-state index in [0.717, 1.165) is 43.0 Å². The van der Waals surface area contributed by atoms with Gasteiger partial charge in [-0.25, -0.2) is 17.6 Å². The molecule has 2 heterocycles. The molecule has 0 saturated carbocycles. The Bertz CT molecular complexity index is 1160. The molecule has 2 N–H and O–H groups in total. The number of amides is 1. The fourth-order valence-electron chi connectivity index (χ4n) is 4.77. The van der Waals surface area contributed by atoms with Gasteiger partial charge in [0.25, 0.3) is 12.3 Å². The van der Waals surface area contributed by atoms with Crippen LogP contribution in [-0.2, 0) is 4.74 Å². The number of carbonyl (C=O) groups excluding carboxylic acids is 1. The van der Waals surface area contributed by atoms with Crippen molar-refractivity contribution >= 4 is 17.3 Å². The second-order valence-corrected chi connectivity index (χ2v) is 9.72. The lowest BCUT2D eigenvalue weighted by atomic mass is 10.0. The number of carbonyl (C=O) groups is 1. The third-order valence-electron chi connectivity index (χ3n) is 6.91. The van der Waals surface area contributed by atoms with Crippen molar-refractivity contribution in [1.82, 2.24) is 10.2 Å². The highest BCUT2D eigenvalue weighted by molar-refractivity contribution is 6.01. The van der Waals surface area contributed by atoms with Crippen molar-refractivity contribution in [2.75, 3.05) is 50.1 Å². The van der Waals surface area contributed by atoms with Gasteiger partial charge in [-0.1, -0.05) is 18.2 Å².